The van der Waals surface area contributed by atoms with Crippen LogP contribution in [0.1, 0.15) is 12.5 Å². The van der Waals surface area contributed by atoms with Crippen LogP contribution >= 0.6 is 0 Å². The van der Waals surface area contributed by atoms with E-state index >= 15 is 0 Å². The van der Waals surface area contributed by atoms with Gasteiger partial charge in [0.2, 0.25) is 0 Å². The highest BCUT2D eigenvalue weighted by molar-refractivity contribution is 6.34. The summed E-state index contributed by atoms with van der Waals surface area (Å²) in [5.41, 5.74) is 0.532. The van der Waals surface area contributed by atoms with Gasteiger partial charge in [0.15, 0.2) is 5.76 Å². The first-order chi connectivity index (χ1) is 8.56. The molecule has 2 rings (SSSR count). The molecule has 5 nitrogen and oxygen atoms in total. The Labute approximate surface area is 104 Å². The Bertz CT molecular complexity index is 530. The van der Waals surface area contributed by atoms with Crippen molar-refractivity contribution in [1.82, 2.24) is 4.90 Å². The zero-order valence-electron chi connectivity index (χ0n) is 10.1. The quantitative estimate of drug-likeness (QED) is 0.819. The summed E-state index contributed by atoms with van der Waals surface area (Å²) in [5.74, 6) is -1.01. The lowest BCUT2D eigenvalue weighted by Crippen LogP contribution is -2.26. The van der Waals surface area contributed by atoms with E-state index < -0.39 is 17.6 Å². The van der Waals surface area contributed by atoms with Crippen molar-refractivity contribution in [2.75, 3.05) is 13.7 Å². The van der Waals surface area contributed by atoms with Crippen LogP contribution in [0.15, 0.2) is 30.0 Å². The summed E-state index contributed by atoms with van der Waals surface area (Å²) in [6.45, 7) is 2.42. The lowest BCUT2D eigenvalue weighted by atomic mass is 10.1. The molecule has 1 N–H and O–H groups in total. The monoisotopic (exact) mass is 247 g/mol. The third-order valence-corrected chi connectivity index (χ3v) is 2.72. The molecular formula is C13H13NO4. The minimum absolute atomic E-state index is 0.0329. The average molecular weight is 247 g/mol. The lowest BCUT2D eigenvalue weighted by Gasteiger charge is -2.07. The number of hydrogen-bond donors (Lipinski definition) is 1. The van der Waals surface area contributed by atoms with Gasteiger partial charge in [-0.15, -0.1) is 0 Å². The minimum atomic E-state index is -0.677. The molecule has 0 aromatic heterocycles. The van der Waals surface area contributed by atoms with Gasteiger partial charge in [-0.1, -0.05) is 12.1 Å². The van der Waals surface area contributed by atoms with E-state index in [1.54, 1.807) is 24.3 Å². The van der Waals surface area contributed by atoms with Crippen molar-refractivity contribution in [3.8, 4) is 5.75 Å². The van der Waals surface area contributed by atoms with Crippen LogP contribution in [0.4, 0.5) is 0 Å². The van der Waals surface area contributed by atoms with E-state index in [1.807, 2.05) is 6.92 Å². The second-order valence-corrected chi connectivity index (χ2v) is 3.85. The molecule has 0 saturated carbocycles. The Morgan fingerprint density at radius 3 is 2.22 bits per heavy atom. The van der Waals surface area contributed by atoms with Crippen molar-refractivity contribution in [1.29, 1.82) is 0 Å². The molecule has 94 valence electrons. The number of nitrogens with zero attached hydrogens (tertiary/aromatic N) is 1. The number of hydrogen-bond acceptors (Lipinski definition) is 4. The number of carbonyl (C=O) groups is 2. The molecule has 0 spiro atoms. The maximum atomic E-state index is 11.8. The molecule has 0 bridgehead atoms. The summed E-state index contributed by atoms with van der Waals surface area (Å²) in [5, 5.41) is 9.66. The highest BCUT2D eigenvalue weighted by Gasteiger charge is 2.36. The molecule has 0 unspecified atom stereocenters. The molecule has 1 aliphatic rings. The van der Waals surface area contributed by atoms with Crippen molar-refractivity contribution in [2.45, 2.75) is 6.92 Å². The van der Waals surface area contributed by atoms with E-state index in [0.717, 1.165) is 4.90 Å². The Morgan fingerprint density at radius 2 is 1.78 bits per heavy atom. The number of carbonyl (C=O) groups excluding carboxylic acids is 2. The van der Waals surface area contributed by atoms with Gasteiger partial charge >= 0.3 is 0 Å². The minimum Gasteiger partial charge on any atom is -0.502 e. The molecule has 5 heteroatoms. The van der Waals surface area contributed by atoms with E-state index in [2.05, 4.69) is 0 Å². The molecule has 1 aromatic carbocycles. The molecule has 0 saturated heterocycles. The van der Waals surface area contributed by atoms with Gasteiger partial charge in [0, 0.05) is 7.05 Å². The molecule has 2 amide bonds. The van der Waals surface area contributed by atoms with Gasteiger partial charge in [-0.2, -0.15) is 0 Å². The molecule has 0 fully saturated rings. The molecule has 0 aliphatic carbocycles. The van der Waals surface area contributed by atoms with Crippen LogP contribution in [0.2, 0.25) is 0 Å². The predicted octanol–water partition coefficient (Wildman–Crippen LogP) is 1.35. The van der Waals surface area contributed by atoms with Gasteiger partial charge < -0.3 is 9.84 Å². The highest BCUT2D eigenvalue weighted by Crippen LogP contribution is 2.28. The number of amides is 2. The number of benzene rings is 1. The van der Waals surface area contributed by atoms with Crippen LogP contribution in [0.3, 0.4) is 0 Å². The molecular weight excluding hydrogens is 234 g/mol. The lowest BCUT2D eigenvalue weighted by molar-refractivity contribution is -0.136. The van der Waals surface area contributed by atoms with Crippen LogP contribution in [-0.4, -0.2) is 35.5 Å². The number of likely N-dealkylation sites (N-methyl/N-ethyl adjacent to an activating group) is 1. The van der Waals surface area contributed by atoms with E-state index in [4.69, 9.17) is 4.74 Å². The third kappa shape index (κ3) is 1.84. The normalized spacial score (nSPS) is 15.6. The SMILES string of the molecule is CCOc1ccc(C2=C(O)C(=O)N(C)C2=O)cc1. The number of rotatable bonds is 3. The Balaban J connectivity index is 2.37. The Morgan fingerprint density at radius 1 is 1.17 bits per heavy atom. The van der Waals surface area contributed by atoms with Crippen LogP contribution in [0, 0.1) is 0 Å². The van der Waals surface area contributed by atoms with E-state index in [9.17, 15) is 14.7 Å². The fourth-order valence-corrected chi connectivity index (χ4v) is 1.77. The van der Waals surface area contributed by atoms with Crippen molar-refractivity contribution in [3.05, 3.63) is 35.6 Å². The average Bonchev–Trinajstić information content (AvgIpc) is 2.56. The Hall–Kier alpha value is -2.30. The fraction of sp³-hybridized carbons (Fsp3) is 0.231. The van der Waals surface area contributed by atoms with E-state index in [-0.39, 0.29) is 5.57 Å². The number of imide groups is 1. The van der Waals surface area contributed by atoms with Crippen molar-refractivity contribution in [3.63, 3.8) is 0 Å². The third-order valence-electron chi connectivity index (χ3n) is 2.72. The van der Waals surface area contributed by atoms with Crippen molar-refractivity contribution in [2.24, 2.45) is 0 Å². The van der Waals surface area contributed by atoms with Crippen LogP contribution < -0.4 is 4.74 Å². The second kappa shape index (κ2) is 4.52. The molecule has 0 radical (unpaired) electrons. The van der Waals surface area contributed by atoms with Crippen molar-refractivity contribution >= 4 is 17.4 Å². The first-order valence-electron chi connectivity index (χ1n) is 5.55. The van der Waals surface area contributed by atoms with Gasteiger partial charge in [-0.05, 0) is 24.6 Å². The molecule has 0 atom stereocenters. The summed E-state index contributed by atoms with van der Waals surface area (Å²) >= 11 is 0. The topological polar surface area (TPSA) is 66.8 Å². The summed E-state index contributed by atoms with van der Waals surface area (Å²) < 4.78 is 5.28. The van der Waals surface area contributed by atoms with Crippen LogP contribution in [-0.2, 0) is 9.59 Å². The number of aliphatic hydroxyl groups excluding tert-OH is 1. The number of aliphatic hydroxyl groups is 1. The van der Waals surface area contributed by atoms with Crippen LogP contribution in [0.25, 0.3) is 5.57 Å². The smallest absolute Gasteiger partial charge is 0.296 e. The Kier molecular flexibility index (Phi) is 3.06. The zero-order valence-corrected chi connectivity index (χ0v) is 10.1. The second-order valence-electron chi connectivity index (χ2n) is 3.85. The standard InChI is InChI=1S/C13H13NO4/c1-3-18-9-6-4-8(5-7-9)10-11(15)13(17)14(2)12(10)16/h4-7,15H,3H2,1-2H3. The largest absolute Gasteiger partial charge is 0.502 e. The summed E-state index contributed by atoms with van der Waals surface area (Å²) in [7, 11) is 1.34. The maximum absolute atomic E-state index is 11.8. The number of ether oxygens (including phenoxy) is 1. The summed E-state index contributed by atoms with van der Waals surface area (Å²) in [4.78, 5) is 24.1. The summed E-state index contributed by atoms with van der Waals surface area (Å²) in [6, 6.07) is 6.66. The first-order valence-corrected chi connectivity index (χ1v) is 5.55. The first kappa shape index (κ1) is 12.2. The van der Waals surface area contributed by atoms with E-state index in [1.165, 1.54) is 7.05 Å². The van der Waals surface area contributed by atoms with Gasteiger partial charge in [0.1, 0.15) is 5.75 Å². The van der Waals surface area contributed by atoms with Gasteiger partial charge in [0.25, 0.3) is 11.8 Å². The molecule has 1 aliphatic heterocycles. The van der Waals surface area contributed by atoms with Gasteiger partial charge in [-0.25, -0.2) is 0 Å². The fourth-order valence-electron chi connectivity index (χ4n) is 1.77. The van der Waals surface area contributed by atoms with Gasteiger partial charge in [0.05, 0.1) is 12.2 Å². The highest BCUT2D eigenvalue weighted by atomic mass is 16.5. The van der Waals surface area contributed by atoms with Crippen molar-refractivity contribution < 1.29 is 19.4 Å². The summed E-state index contributed by atoms with van der Waals surface area (Å²) in [6.07, 6.45) is 0. The molecule has 1 aromatic rings. The van der Waals surface area contributed by atoms with Crippen LogP contribution in [0.5, 0.6) is 5.75 Å². The molecule has 1 heterocycles. The molecule has 18 heavy (non-hydrogen) atoms. The van der Waals surface area contributed by atoms with Gasteiger partial charge in [-0.3, -0.25) is 14.5 Å². The maximum Gasteiger partial charge on any atom is 0.296 e. The predicted molar refractivity (Wildman–Crippen MR) is 64.9 cm³/mol. The van der Waals surface area contributed by atoms with E-state index in [0.29, 0.717) is 17.9 Å². The zero-order chi connectivity index (χ0) is 13.3.